The molecule has 1 saturated heterocycles. The third-order valence-electron chi connectivity index (χ3n) is 3.53. The molecule has 1 aromatic rings. The summed E-state index contributed by atoms with van der Waals surface area (Å²) in [6.07, 6.45) is 5.54. The Morgan fingerprint density at radius 3 is 3.17 bits per heavy atom. The van der Waals surface area contributed by atoms with Gasteiger partial charge in [-0.15, -0.1) is 0 Å². The van der Waals surface area contributed by atoms with Gasteiger partial charge in [-0.05, 0) is 38.8 Å². The van der Waals surface area contributed by atoms with Gasteiger partial charge in [-0.25, -0.2) is 4.98 Å². The van der Waals surface area contributed by atoms with E-state index in [9.17, 15) is 0 Å². The lowest BCUT2D eigenvalue weighted by Crippen LogP contribution is -2.34. The van der Waals surface area contributed by atoms with Gasteiger partial charge in [-0.2, -0.15) is 5.26 Å². The van der Waals surface area contributed by atoms with Gasteiger partial charge in [0.1, 0.15) is 10.9 Å². The molecule has 1 aromatic heterocycles. The van der Waals surface area contributed by atoms with E-state index < -0.39 is 0 Å². The van der Waals surface area contributed by atoms with Gasteiger partial charge in [0.05, 0.1) is 6.20 Å². The van der Waals surface area contributed by atoms with Crippen LogP contribution in [0.1, 0.15) is 24.1 Å². The molecule has 18 heavy (non-hydrogen) atoms. The SMILES string of the molecule is CN1CCCC(CCN(C)c2ncc(C#N)s2)C1. The Bertz CT molecular complexity index is 423. The van der Waals surface area contributed by atoms with E-state index in [2.05, 4.69) is 34.9 Å². The Labute approximate surface area is 113 Å². The number of hydrogen-bond acceptors (Lipinski definition) is 5. The Kier molecular flexibility index (Phi) is 4.56. The summed E-state index contributed by atoms with van der Waals surface area (Å²) in [5.74, 6) is 0.807. The van der Waals surface area contributed by atoms with Gasteiger partial charge in [-0.1, -0.05) is 11.3 Å². The van der Waals surface area contributed by atoms with Crippen LogP contribution in [0.3, 0.4) is 0 Å². The predicted molar refractivity (Wildman–Crippen MR) is 74.9 cm³/mol. The standard InChI is InChI=1S/C13H20N4S/c1-16-6-3-4-11(10-16)5-7-17(2)13-15-9-12(8-14)18-13/h9,11H,3-7,10H2,1-2H3. The number of aromatic nitrogens is 1. The zero-order valence-electron chi connectivity index (χ0n) is 11.1. The maximum atomic E-state index is 8.79. The quantitative estimate of drug-likeness (QED) is 0.836. The van der Waals surface area contributed by atoms with Crippen LogP contribution in [0.5, 0.6) is 0 Å². The lowest BCUT2D eigenvalue weighted by molar-refractivity contribution is 0.203. The summed E-state index contributed by atoms with van der Waals surface area (Å²) in [5, 5.41) is 9.75. The molecule has 1 aliphatic heterocycles. The molecule has 4 nitrogen and oxygen atoms in total. The van der Waals surface area contributed by atoms with Crippen LogP contribution in [0.2, 0.25) is 0 Å². The van der Waals surface area contributed by atoms with Gasteiger partial charge in [-0.3, -0.25) is 0 Å². The molecule has 0 amide bonds. The van der Waals surface area contributed by atoms with Gasteiger partial charge < -0.3 is 9.80 Å². The zero-order chi connectivity index (χ0) is 13.0. The van der Waals surface area contributed by atoms with E-state index in [1.54, 1.807) is 6.20 Å². The van der Waals surface area contributed by atoms with E-state index in [1.807, 2.05) is 0 Å². The summed E-state index contributed by atoms with van der Waals surface area (Å²) in [6.45, 7) is 3.48. The van der Waals surface area contributed by atoms with Gasteiger partial charge in [0.2, 0.25) is 0 Å². The van der Waals surface area contributed by atoms with Crippen molar-refractivity contribution in [3.8, 4) is 6.07 Å². The molecule has 1 aliphatic rings. The van der Waals surface area contributed by atoms with Crippen molar-refractivity contribution in [3.63, 3.8) is 0 Å². The molecule has 0 bridgehead atoms. The second-order valence-electron chi connectivity index (χ2n) is 5.10. The van der Waals surface area contributed by atoms with Crippen molar-refractivity contribution in [2.75, 3.05) is 38.6 Å². The second kappa shape index (κ2) is 6.17. The number of thiazole rings is 1. The summed E-state index contributed by atoms with van der Waals surface area (Å²) >= 11 is 1.47. The molecule has 2 rings (SSSR count). The number of hydrogen-bond donors (Lipinski definition) is 0. The second-order valence-corrected chi connectivity index (χ2v) is 6.11. The van der Waals surface area contributed by atoms with Crippen molar-refractivity contribution in [1.29, 1.82) is 5.26 Å². The summed E-state index contributed by atoms with van der Waals surface area (Å²) in [4.78, 5) is 9.56. The predicted octanol–water partition coefficient (Wildman–Crippen LogP) is 2.18. The van der Waals surface area contributed by atoms with Gasteiger partial charge in [0.25, 0.3) is 0 Å². The molecule has 0 aromatic carbocycles. The average molecular weight is 264 g/mol. The highest BCUT2D eigenvalue weighted by Gasteiger charge is 2.18. The van der Waals surface area contributed by atoms with E-state index in [0.29, 0.717) is 4.88 Å². The molecule has 0 aliphatic carbocycles. The first kappa shape index (κ1) is 13.3. The zero-order valence-corrected chi connectivity index (χ0v) is 11.9. The minimum absolute atomic E-state index is 0.689. The molecule has 2 heterocycles. The van der Waals surface area contributed by atoms with Crippen LogP contribution >= 0.6 is 11.3 Å². The van der Waals surface area contributed by atoms with E-state index in [-0.39, 0.29) is 0 Å². The molecule has 1 atom stereocenters. The molecule has 0 saturated carbocycles. The van der Waals surface area contributed by atoms with Crippen LogP contribution in [-0.2, 0) is 0 Å². The lowest BCUT2D eigenvalue weighted by atomic mass is 9.95. The largest absolute Gasteiger partial charge is 0.351 e. The molecule has 0 radical (unpaired) electrons. The lowest BCUT2D eigenvalue weighted by Gasteiger charge is -2.30. The highest BCUT2D eigenvalue weighted by Crippen LogP contribution is 2.23. The van der Waals surface area contributed by atoms with E-state index in [4.69, 9.17) is 5.26 Å². The topological polar surface area (TPSA) is 43.2 Å². The van der Waals surface area contributed by atoms with Crippen molar-refractivity contribution >= 4 is 16.5 Å². The van der Waals surface area contributed by atoms with Gasteiger partial charge >= 0.3 is 0 Å². The maximum Gasteiger partial charge on any atom is 0.186 e. The van der Waals surface area contributed by atoms with Crippen molar-refractivity contribution in [3.05, 3.63) is 11.1 Å². The Balaban J connectivity index is 1.80. The van der Waals surface area contributed by atoms with Crippen LogP contribution in [-0.4, -0.2) is 43.6 Å². The fraction of sp³-hybridized carbons (Fsp3) is 0.692. The first-order valence-corrected chi connectivity index (χ1v) is 7.26. The summed E-state index contributed by atoms with van der Waals surface area (Å²) < 4.78 is 0. The van der Waals surface area contributed by atoms with Crippen molar-refractivity contribution in [1.82, 2.24) is 9.88 Å². The first-order valence-electron chi connectivity index (χ1n) is 6.44. The Morgan fingerprint density at radius 1 is 1.67 bits per heavy atom. The molecular weight excluding hydrogens is 244 g/mol. The van der Waals surface area contributed by atoms with Crippen LogP contribution in [0.25, 0.3) is 0 Å². The van der Waals surface area contributed by atoms with Crippen molar-refractivity contribution < 1.29 is 0 Å². The van der Waals surface area contributed by atoms with Gasteiger partial charge in [0, 0.05) is 20.1 Å². The summed E-state index contributed by atoms with van der Waals surface area (Å²) in [6, 6.07) is 2.14. The molecular formula is C13H20N4S. The van der Waals surface area contributed by atoms with E-state index in [1.165, 1.54) is 43.7 Å². The normalized spacial score (nSPS) is 20.6. The monoisotopic (exact) mass is 264 g/mol. The van der Waals surface area contributed by atoms with E-state index in [0.717, 1.165) is 17.6 Å². The molecule has 98 valence electrons. The minimum atomic E-state index is 0.689. The first-order chi connectivity index (χ1) is 8.69. The highest BCUT2D eigenvalue weighted by atomic mass is 32.1. The fourth-order valence-corrected chi connectivity index (χ4v) is 3.17. The molecule has 1 unspecified atom stereocenters. The third-order valence-corrected chi connectivity index (χ3v) is 4.54. The fourth-order valence-electron chi connectivity index (χ4n) is 2.47. The van der Waals surface area contributed by atoms with Crippen LogP contribution in [0.4, 0.5) is 5.13 Å². The van der Waals surface area contributed by atoms with Crippen LogP contribution in [0, 0.1) is 17.2 Å². The molecule has 0 N–H and O–H groups in total. The van der Waals surface area contributed by atoms with Crippen molar-refractivity contribution in [2.45, 2.75) is 19.3 Å². The van der Waals surface area contributed by atoms with Gasteiger partial charge in [0.15, 0.2) is 5.13 Å². The molecule has 5 heteroatoms. The smallest absolute Gasteiger partial charge is 0.186 e. The molecule has 0 spiro atoms. The average Bonchev–Trinajstić information content (AvgIpc) is 2.85. The number of likely N-dealkylation sites (tertiary alicyclic amines) is 1. The molecule has 1 fully saturated rings. The minimum Gasteiger partial charge on any atom is -0.351 e. The Morgan fingerprint density at radius 2 is 2.50 bits per heavy atom. The summed E-state index contributed by atoms with van der Waals surface area (Å²) in [7, 11) is 4.27. The number of piperidine rings is 1. The maximum absolute atomic E-state index is 8.79. The Hall–Kier alpha value is -1.12. The third kappa shape index (κ3) is 3.44. The highest BCUT2D eigenvalue weighted by molar-refractivity contribution is 7.16. The van der Waals surface area contributed by atoms with Crippen molar-refractivity contribution in [2.24, 2.45) is 5.92 Å². The van der Waals surface area contributed by atoms with E-state index >= 15 is 0 Å². The summed E-state index contributed by atoms with van der Waals surface area (Å²) in [5.41, 5.74) is 0. The number of rotatable bonds is 4. The van der Waals surface area contributed by atoms with Crippen LogP contribution in [0.15, 0.2) is 6.20 Å². The number of nitriles is 1. The van der Waals surface area contributed by atoms with Crippen LogP contribution < -0.4 is 4.90 Å². The number of nitrogens with zero attached hydrogens (tertiary/aromatic N) is 4. The number of anilines is 1.